The van der Waals surface area contributed by atoms with Crippen LogP contribution < -0.4 is 4.72 Å². The van der Waals surface area contributed by atoms with E-state index in [1.54, 1.807) is 0 Å². The molecule has 1 saturated heterocycles. The van der Waals surface area contributed by atoms with E-state index in [2.05, 4.69) is 67.4 Å². The molecule has 1 aliphatic rings. The number of hydrogen-bond donors (Lipinski definition) is 1. The zero-order valence-corrected chi connectivity index (χ0v) is 20.9. The molecule has 0 aromatic heterocycles. The van der Waals surface area contributed by atoms with Crippen molar-refractivity contribution in [2.75, 3.05) is 26.2 Å². The normalized spacial score (nSPS) is 15.5. The van der Waals surface area contributed by atoms with Crippen LogP contribution in [0.15, 0.2) is 95.1 Å². The van der Waals surface area contributed by atoms with E-state index in [4.69, 9.17) is 0 Å². The Morgan fingerprint density at radius 1 is 1.06 bits per heavy atom. The SMILES string of the molecule is C=C/C(=C\C=C(/C)C(=O)NSCc1ccccc1)N1CCN(Cc2ccccc2Br)CC1. The van der Waals surface area contributed by atoms with Gasteiger partial charge in [-0.25, -0.2) is 0 Å². The van der Waals surface area contributed by atoms with Gasteiger partial charge >= 0.3 is 0 Å². The molecule has 1 heterocycles. The highest BCUT2D eigenvalue weighted by atomic mass is 79.9. The summed E-state index contributed by atoms with van der Waals surface area (Å²) < 4.78 is 4.08. The minimum Gasteiger partial charge on any atom is -0.369 e. The third-order valence-electron chi connectivity index (χ3n) is 5.41. The van der Waals surface area contributed by atoms with Crippen molar-refractivity contribution in [2.24, 2.45) is 0 Å². The van der Waals surface area contributed by atoms with Gasteiger partial charge in [-0.1, -0.05) is 77.1 Å². The number of halogens is 1. The first-order chi connectivity index (χ1) is 15.6. The van der Waals surface area contributed by atoms with Gasteiger partial charge < -0.3 is 4.90 Å². The molecular formula is C26H30BrN3OS. The van der Waals surface area contributed by atoms with E-state index in [1.165, 1.54) is 23.1 Å². The molecule has 4 nitrogen and oxygen atoms in total. The molecule has 0 unspecified atom stereocenters. The number of nitrogens with one attached hydrogen (secondary N) is 1. The number of rotatable bonds is 9. The molecule has 0 saturated carbocycles. The second-order valence-corrected chi connectivity index (χ2v) is 9.34. The summed E-state index contributed by atoms with van der Waals surface area (Å²) in [6.45, 7) is 10.6. The van der Waals surface area contributed by atoms with Crippen molar-refractivity contribution >= 4 is 33.8 Å². The fourth-order valence-corrected chi connectivity index (χ4v) is 4.59. The Labute approximate surface area is 204 Å². The highest BCUT2D eigenvalue weighted by Gasteiger charge is 2.18. The van der Waals surface area contributed by atoms with Gasteiger partial charge in [-0.3, -0.25) is 14.4 Å². The number of nitrogens with zero attached hydrogens (tertiary/aromatic N) is 2. The minimum absolute atomic E-state index is 0.0659. The van der Waals surface area contributed by atoms with Crippen LogP contribution in [-0.4, -0.2) is 41.9 Å². The van der Waals surface area contributed by atoms with Crippen LogP contribution in [0.4, 0.5) is 0 Å². The van der Waals surface area contributed by atoms with E-state index in [0.717, 1.165) is 48.6 Å². The largest absolute Gasteiger partial charge is 0.369 e. The summed E-state index contributed by atoms with van der Waals surface area (Å²) in [6, 6.07) is 18.5. The third-order valence-corrected chi connectivity index (χ3v) is 6.99. The van der Waals surface area contributed by atoms with Gasteiger partial charge in [-0.2, -0.15) is 0 Å². The van der Waals surface area contributed by atoms with Crippen molar-refractivity contribution in [3.63, 3.8) is 0 Å². The summed E-state index contributed by atoms with van der Waals surface area (Å²) >= 11 is 5.05. The maximum absolute atomic E-state index is 12.4. The Hall–Kier alpha value is -2.28. The predicted molar refractivity (Wildman–Crippen MR) is 139 cm³/mol. The maximum Gasteiger partial charge on any atom is 0.256 e. The Morgan fingerprint density at radius 2 is 1.75 bits per heavy atom. The van der Waals surface area contributed by atoms with Crippen LogP contribution in [0.2, 0.25) is 0 Å². The lowest BCUT2D eigenvalue weighted by molar-refractivity contribution is -0.115. The van der Waals surface area contributed by atoms with Crippen LogP contribution in [0.25, 0.3) is 0 Å². The summed E-state index contributed by atoms with van der Waals surface area (Å²) in [5.41, 5.74) is 4.23. The Morgan fingerprint density at radius 3 is 2.44 bits per heavy atom. The Bertz CT molecular complexity index is 966. The first-order valence-corrected chi connectivity index (χ1v) is 12.5. The third kappa shape index (κ3) is 7.40. The molecular weight excluding hydrogens is 482 g/mol. The van der Waals surface area contributed by atoms with Crippen molar-refractivity contribution in [3.8, 4) is 0 Å². The van der Waals surface area contributed by atoms with E-state index < -0.39 is 0 Å². The van der Waals surface area contributed by atoms with Gasteiger partial charge in [-0.05, 0) is 48.2 Å². The number of allylic oxidation sites excluding steroid dienone is 3. The number of carbonyl (C=O) groups is 1. The number of benzene rings is 2. The zero-order chi connectivity index (χ0) is 22.8. The summed E-state index contributed by atoms with van der Waals surface area (Å²) in [7, 11) is 0. The molecule has 0 atom stereocenters. The van der Waals surface area contributed by atoms with Gasteiger partial charge in [0.2, 0.25) is 0 Å². The standard InChI is InChI=1S/C26H30BrN3OS/c1-3-24(14-13-21(2)26(31)28-32-20-22-9-5-4-6-10-22)30-17-15-29(16-18-30)19-23-11-7-8-12-25(23)27/h3-14H,1,15-20H2,2H3,(H,28,31)/b21-13+,24-14+. The quantitative estimate of drug-likeness (QED) is 0.272. The molecule has 2 aromatic rings. The van der Waals surface area contributed by atoms with E-state index in [-0.39, 0.29) is 5.91 Å². The van der Waals surface area contributed by atoms with Crippen LogP contribution in [0.1, 0.15) is 18.1 Å². The highest BCUT2D eigenvalue weighted by Crippen LogP contribution is 2.19. The Kier molecular flexibility index (Phi) is 9.65. The van der Waals surface area contributed by atoms with Crippen LogP contribution in [-0.2, 0) is 17.1 Å². The van der Waals surface area contributed by atoms with Crippen molar-refractivity contribution in [1.29, 1.82) is 0 Å². The molecule has 1 fully saturated rings. The van der Waals surface area contributed by atoms with Crippen LogP contribution in [0, 0.1) is 0 Å². The second kappa shape index (κ2) is 12.7. The summed E-state index contributed by atoms with van der Waals surface area (Å²) in [4.78, 5) is 17.2. The molecule has 168 valence electrons. The topological polar surface area (TPSA) is 35.6 Å². The molecule has 1 amide bonds. The number of carbonyl (C=O) groups excluding carboxylic acids is 1. The lowest BCUT2D eigenvalue weighted by Gasteiger charge is -2.36. The van der Waals surface area contributed by atoms with Gasteiger partial charge in [0.1, 0.15) is 0 Å². The molecule has 1 aliphatic heterocycles. The highest BCUT2D eigenvalue weighted by molar-refractivity contribution is 9.10. The van der Waals surface area contributed by atoms with Crippen molar-refractivity contribution in [1.82, 2.24) is 14.5 Å². The molecule has 6 heteroatoms. The van der Waals surface area contributed by atoms with Gasteiger partial charge in [0.15, 0.2) is 0 Å². The van der Waals surface area contributed by atoms with Crippen LogP contribution in [0.3, 0.4) is 0 Å². The van der Waals surface area contributed by atoms with Crippen molar-refractivity contribution in [2.45, 2.75) is 19.2 Å². The zero-order valence-electron chi connectivity index (χ0n) is 18.5. The number of amides is 1. The van der Waals surface area contributed by atoms with Crippen molar-refractivity contribution < 1.29 is 4.79 Å². The van der Waals surface area contributed by atoms with Crippen LogP contribution in [0.5, 0.6) is 0 Å². The number of hydrogen-bond acceptors (Lipinski definition) is 4. The fraction of sp³-hybridized carbons (Fsp3) is 0.269. The first-order valence-electron chi connectivity index (χ1n) is 10.7. The van der Waals surface area contributed by atoms with Gasteiger partial charge in [-0.15, -0.1) is 0 Å². The van der Waals surface area contributed by atoms with Gasteiger partial charge in [0, 0.05) is 54.2 Å². The number of piperazine rings is 1. The predicted octanol–water partition coefficient (Wildman–Crippen LogP) is 5.55. The van der Waals surface area contributed by atoms with Gasteiger partial charge in [0.05, 0.1) is 0 Å². The first kappa shape index (κ1) is 24.4. The summed E-state index contributed by atoms with van der Waals surface area (Å²) in [5.74, 6) is 0.682. The minimum atomic E-state index is -0.0659. The lowest BCUT2D eigenvalue weighted by atomic mass is 10.2. The Balaban J connectivity index is 1.48. The van der Waals surface area contributed by atoms with Crippen LogP contribution >= 0.6 is 27.9 Å². The van der Waals surface area contributed by atoms with Crippen molar-refractivity contribution in [3.05, 3.63) is 106 Å². The average Bonchev–Trinajstić information content (AvgIpc) is 2.82. The van der Waals surface area contributed by atoms with E-state index in [9.17, 15) is 4.79 Å². The molecule has 0 bridgehead atoms. The molecule has 2 aromatic carbocycles. The smallest absolute Gasteiger partial charge is 0.256 e. The molecule has 0 spiro atoms. The van der Waals surface area contributed by atoms with E-state index in [0.29, 0.717) is 5.57 Å². The average molecular weight is 513 g/mol. The van der Waals surface area contributed by atoms with E-state index in [1.807, 2.05) is 49.4 Å². The molecule has 32 heavy (non-hydrogen) atoms. The summed E-state index contributed by atoms with van der Waals surface area (Å²) in [6.07, 6.45) is 5.74. The summed E-state index contributed by atoms with van der Waals surface area (Å²) in [5, 5.41) is 0. The molecule has 0 radical (unpaired) electrons. The lowest BCUT2D eigenvalue weighted by Crippen LogP contribution is -2.45. The maximum atomic E-state index is 12.4. The second-order valence-electron chi connectivity index (χ2n) is 7.71. The van der Waals surface area contributed by atoms with Gasteiger partial charge in [0.25, 0.3) is 5.91 Å². The molecule has 1 N–H and O–H groups in total. The monoisotopic (exact) mass is 511 g/mol. The van der Waals surface area contributed by atoms with E-state index >= 15 is 0 Å². The molecule has 0 aliphatic carbocycles. The molecule has 3 rings (SSSR count). The fourth-order valence-electron chi connectivity index (χ4n) is 3.46.